The number of carbonyl (C=O) groups excluding carboxylic acids is 1. The Balaban J connectivity index is 2.51. The Hall–Kier alpha value is -0.220. The van der Waals surface area contributed by atoms with Crippen molar-refractivity contribution >= 4 is 17.7 Å². The minimum atomic E-state index is -0.294. The van der Waals surface area contributed by atoms with Crippen LogP contribution in [0.15, 0.2) is 0 Å². The van der Waals surface area contributed by atoms with E-state index in [1.54, 1.807) is 0 Å². The van der Waals surface area contributed by atoms with E-state index in [2.05, 4.69) is 20.8 Å². The fraction of sp³-hybridized carbons (Fsp3) is 0.917. The largest absolute Gasteiger partial charge is 0.337 e. The molecule has 1 fully saturated rings. The van der Waals surface area contributed by atoms with Gasteiger partial charge < -0.3 is 10.6 Å². The average molecular weight is 244 g/mol. The molecule has 0 aromatic carbocycles. The lowest BCUT2D eigenvalue weighted by molar-refractivity contribution is -0.134. The number of rotatable bonds is 4. The number of thioether (sulfide) groups is 1. The lowest BCUT2D eigenvalue weighted by Gasteiger charge is -2.38. The van der Waals surface area contributed by atoms with E-state index in [-0.39, 0.29) is 11.9 Å². The summed E-state index contributed by atoms with van der Waals surface area (Å²) < 4.78 is 0. The molecule has 0 aromatic heterocycles. The molecule has 0 aromatic rings. The third-order valence-electron chi connectivity index (χ3n) is 3.35. The number of unbranched alkanes of at least 4 members (excludes halogenated alkanes) is 1. The number of hydrogen-bond donors (Lipinski definition) is 1. The second-order valence-corrected chi connectivity index (χ2v) is 6.08. The van der Waals surface area contributed by atoms with Crippen LogP contribution in [0, 0.1) is 0 Å². The van der Waals surface area contributed by atoms with Gasteiger partial charge in [0.15, 0.2) is 0 Å². The summed E-state index contributed by atoms with van der Waals surface area (Å²) in [5.74, 6) is 1.19. The van der Waals surface area contributed by atoms with Crippen LogP contribution in [-0.2, 0) is 4.79 Å². The predicted molar refractivity (Wildman–Crippen MR) is 70.6 cm³/mol. The second kappa shape index (κ2) is 6.50. The van der Waals surface area contributed by atoms with Gasteiger partial charge in [0.2, 0.25) is 5.91 Å². The molecule has 0 bridgehead atoms. The zero-order valence-electron chi connectivity index (χ0n) is 10.6. The molecule has 3 unspecified atom stereocenters. The van der Waals surface area contributed by atoms with Gasteiger partial charge in [-0.1, -0.05) is 26.7 Å². The van der Waals surface area contributed by atoms with Crippen molar-refractivity contribution in [3.8, 4) is 0 Å². The van der Waals surface area contributed by atoms with Crippen LogP contribution in [0.25, 0.3) is 0 Å². The Labute approximate surface area is 103 Å². The molecule has 0 aliphatic carbocycles. The molecule has 0 saturated carbocycles. The zero-order chi connectivity index (χ0) is 12.1. The summed E-state index contributed by atoms with van der Waals surface area (Å²) in [7, 11) is 0. The van der Waals surface area contributed by atoms with E-state index in [1.807, 2.05) is 16.7 Å². The molecule has 0 radical (unpaired) electrons. The van der Waals surface area contributed by atoms with Gasteiger partial charge in [-0.3, -0.25) is 4.79 Å². The third-order valence-corrected chi connectivity index (χ3v) is 4.69. The Morgan fingerprint density at radius 3 is 2.88 bits per heavy atom. The molecule has 1 saturated heterocycles. The lowest BCUT2D eigenvalue weighted by Crippen LogP contribution is -2.53. The summed E-state index contributed by atoms with van der Waals surface area (Å²) in [5.41, 5.74) is 5.94. The number of amides is 1. The Morgan fingerprint density at radius 1 is 1.56 bits per heavy atom. The summed E-state index contributed by atoms with van der Waals surface area (Å²) in [4.78, 5) is 14.1. The Bertz CT molecular complexity index is 235. The van der Waals surface area contributed by atoms with Gasteiger partial charge in [-0.05, 0) is 13.3 Å². The van der Waals surface area contributed by atoms with Gasteiger partial charge in [0, 0.05) is 23.6 Å². The molecule has 3 nitrogen and oxygen atoms in total. The third kappa shape index (κ3) is 3.39. The maximum atomic E-state index is 12.2. The van der Waals surface area contributed by atoms with Crippen molar-refractivity contribution in [3.63, 3.8) is 0 Å². The molecule has 2 N–H and O–H groups in total. The molecule has 0 spiro atoms. The highest BCUT2D eigenvalue weighted by Gasteiger charge is 2.31. The van der Waals surface area contributed by atoms with E-state index in [1.165, 1.54) is 0 Å². The van der Waals surface area contributed by atoms with Gasteiger partial charge in [0.25, 0.3) is 0 Å². The van der Waals surface area contributed by atoms with E-state index in [9.17, 15) is 4.79 Å². The van der Waals surface area contributed by atoms with Crippen LogP contribution >= 0.6 is 11.8 Å². The highest BCUT2D eigenvalue weighted by molar-refractivity contribution is 8.00. The van der Waals surface area contributed by atoms with Gasteiger partial charge >= 0.3 is 0 Å². The van der Waals surface area contributed by atoms with Crippen molar-refractivity contribution in [2.45, 2.75) is 57.4 Å². The number of carbonyl (C=O) groups is 1. The second-order valence-electron chi connectivity index (χ2n) is 4.60. The van der Waals surface area contributed by atoms with E-state index in [0.29, 0.717) is 11.3 Å². The summed E-state index contributed by atoms with van der Waals surface area (Å²) in [6.45, 7) is 7.29. The molecule has 1 heterocycles. The molecule has 1 amide bonds. The molecular weight excluding hydrogens is 220 g/mol. The first-order valence-electron chi connectivity index (χ1n) is 6.25. The fourth-order valence-corrected chi connectivity index (χ4v) is 3.10. The van der Waals surface area contributed by atoms with E-state index in [4.69, 9.17) is 5.73 Å². The highest BCUT2D eigenvalue weighted by Crippen LogP contribution is 2.24. The first kappa shape index (κ1) is 13.8. The molecule has 94 valence electrons. The van der Waals surface area contributed by atoms with E-state index < -0.39 is 0 Å². The van der Waals surface area contributed by atoms with Crippen molar-refractivity contribution in [1.29, 1.82) is 0 Å². The van der Waals surface area contributed by atoms with Crippen molar-refractivity contribution in [2.24, 2.45) is 5.73 Å². The summed E-state index contributed by atoms with van der Waals surface area (Å²) >= 11 is 1.94. The minimum absolute atomic E-state index is 0.146. The van der Waals surface area contributed by atoms with Crippen molar-refractivity contribution in [1.82, 2.24) is 4.90 Å². The molecule has 1 rings (SSSR count). The number of hydrogen-bond acceptors (Lipinski definition) is 3. The van der Waals surface area contributed by atoms with Crippen LogP contribution in [-0.4, -0.2) is 40.4 Å². The SMILES string of the molecule is CCCCC(N)C(=O)N1CCSC(C)C1C. The average Bonchev–Trinajstić information content (AvgIpc) is 2.28. The minimum Gasteiger partial charge on any atom is -0.337 e. The van der Waals surface area contributed by atoms with E-state index >= 15 is 0 Å². The van der Waals surface area contributed by atoms with Crippen LogP contribution in [0.3, 0.4) is 0 Å². The van der Waals surface area contributed by atoms with Gasteiger partial charge in [0.05, 0.1) is 6.04 Å². The quantitative estimate of drug-likeness (QED) is 0.821. The smallest absolute Gasteiger partial charge is 0.239 e. The molecule has 1 aliphatic heterocycles. The Morgan fingerprint density at radius 2 is 2.25 bits per heavy atom. The summed E-state index contributed by atoms with van der Waals surface area (Å²) in [6, 6.07) is 0.0247. The molecular formula is C12H24N2OS. The topological polar surface area (TPSA) is 46.3 Å². The Kier molecular flexibility index (Phi) is 5.62. The maximum absolute atomic E-state index is 12.2. The lowest BCUT2D eigenvalue weighted by atomic mass is 10.1. The van der Waals surface area contributed by atoms with Crippen LogP contribution in [0.2, 0.25) is 0 Å². The predicted octanol–water partition coefficient (Wildman–Crippen LogP) is 1.86. The standard InChI is InChI=1S/C12H24N2OS/c1-4-5-6-11(13)12(15)14-7-8-16-10(3)9(14)2/h9-11H,4-8,13H2,1-3H3. The maximum Gasteiger partial charge on any atom is 0.239 e. The first-order valence-corrected chi connectivity index (χ1v) is 7.30. The van der Waals surface area contributed by atoms with Crippen LogP contribution in [0.1, 0.15) is 40.0 Å². The van der Waals surface area contributed by atoms with Crippen molar-refractivity contribution in [2.75, 3.05) is 12.3 Å². The van der Waals surface area contributed by atoms with Gasteiger partial charge in [-0.2, -0.15) is 11.8 Å². The highest BCUT2D eigenvalue weighted by atomic mass is 32.2. The van der Waals surface area contributed by atoms with Crippen molar-refractivity contribution < 1.29 is 4.79 Å². The molecule has 1 aliphatic rings. The summed E-state index contributed by atoms with van der Waals surface area (Å²) in [5, 5.41) is 0.524. The normalized spacial score (nSPS) is 27.9. The van der Waals surface area contributed by atoms with Gasteiger partial charge in [0.1, 0.15) is 0 Å². The van der Waals surface area contributed by atoms with Crippen molar-refractivity contribution in [3.05, 3.63) is 0 Å². The molecule has 16 heavy (non-hydrogen) atoms. The molecule has 3 atom stereocenters. The zero-order valence-corrected chi connectivity index (χ0v) is 11.4. The number of nitrogens with two attached hydrogens (primary N) is 1. The van der Waals surface area contributed by atoms with Crippen LogP contribution < -0.4 is 5.73 Å². The monoisotopic (exact) mass is 244 g/mol. The number of nitrogens with zero attached hydrogens (tertiary/aromatic N) is 1. The van der Waals surface area contributed by atoms with Crippen LogP contribution in [0.4, 0.5) is 0 Å². The van der Waals surface area contributed by atoms with E-state index in [0.717, 1.165) is 31.6 Å². The van der Waals surface area contributed by atoms with Gasteiger partial charge in [-0.15, -0.1) is 0 Å². The summed E-state index contributed by atoms with van der Waals surface area (Å²) in [6.07, 6.45) is 2.96. The molecule has 4 heteroatoms. The fourth-order valence-electron chi connectivity index (χ4n) is 2.00. The van der Waals surface area contributed by atoms with Gasteiger partial charge in [-0.25, -0.2) is 0 Å². The van der Waals surface area contributed by atoms with Crippen LogP contribution in [0.5, 0.6) is 0 Å². The first-order chi connectivity index (χ1) is 7.57.